The fourth-order valence-corrected chi connectivity index (χ4v) is 4.10. The second-order valence-corrected chi connectivity index (χ2v) is 7.83. The summed E-state index contributed by atoms with van der Waals surface area (Å²) >= 11 is 0. The molecule has 0 fully saturated rings. The van der Waals surface area contributed by atoms with E-state index >= 15 is 0 Å². The molecule has 0 radical (unpaired) electrons. The number of ether oxygens (including phenoxy) is 1. The topological polar surface area (TPSA) is 91.2 Å². The SMILES string of the molecule is CCn1c(N(C)CC(C)N)nc2cnn(Cc3ccc(OC)c4ccccc34)c(=O)c21. The molecule has 8 heteroatoms. The molecule has 0 amide bonds. The van der Waals surface area contributed by atoms with Crippen molar-refractivity contribution in [2.24, 2.45) is 5.73 Å². The number of imidazole rings is 1. The number of hydrogen-bond donors (Lipinski definition) is 1. The second kappa shape index (κ2) is 8.39. The second-order valence-electron chi connectivity index (χ2n) is 7.83. The summed E-state index contributed by atoms with van der Waals surface area (Å²) in [5.41, 5.74) is 7.95. The Labute approximate surface area is 180 Å². The molecule has 2 aromatic carbocycles. The largest absolute Gasteiger partial charge is 0.496 e. The number of aromatic nitrogens is 4. The molecule has 162 valence electrons. The maximum Gasteiger partial charge on any atom is 0.293 e. The maximum atomic E-state index is 13.4. The first-order valence-corrected chi connectivity index (χ1v) is 10.4. The van der Waals surface area contributed by atoms with Crippen LogP contribution in [-0.2, 0) is 13.1 Å². The van der Waals surface area contributed by atoms with Gasteiger partial charge in [0, 0.05) is 31.6 Å². The number of rotatable bonds is 7. The Morgan fingerprint density at radius 2 is 1.94 bits per heavy atom. The van der Waals surface area contributed by atoms with Crippen LogP contribution in [0.4, 0.5) is 5.95 Å². The van der Waals surface area contributed by atoms with Crippen molar-refractivity contribution in [3.8, 4) is 5.75 Å². The zero-order valence-corrected chi connectivity index (χ0v) is 18.4. The van der Waals surface area contributed by atoms with E-state index in [1.807, 2.05) is 66.8 Å². The van der Waals surface area contributed by atoms with Crippen molar-refractivity contribution < 1.29 is 4.74 Å². The van der Waals surface area contributed by atoms with Gasteiger partial charge >= 0.3 is 0 Å². The van der Waals surface area contributed by atoms with E-state index in [-0.39, 0.29) is 11.6 Å². The van der Waals surface area contributed by atoms with Crippen molar-refractivity contribution in [3.05, 3.63) is 58.5 Å². The predicted molar refractivity (Wildman–Crippen MR) is 124 cm³/mol. The van der Waals surface area contributed by atoms with Crippen LogP contribution < -0.4 is 20.9 Å². The van der Waals surface area contributed by atoms with Crippen LogP contribution in [0.5, 0.6) is 5.75 Å². The fraction of sp³-hybridized carbons (Fsp3) is 0.348. The molecule has 0 aliphatic rings. The molecule has 0 aliphatic heterocycles. The molecule has 0 aliphatic carbocycles. The standard InChI is InChI=1S/C23H28N6O2/c1-5-28-21-19(26-23(28)27(3)13-15(2)24)12-25-29(22(21)30)14-16-10-11-20(31-4)18-9-7-6-8-17(16)18/h6-12,15H,5,13-14,24H2,1-4H3. The fourth-order valence-electron chi connectivity index (χ4n) is 4.10. The molecule has 1 atom stereocenters. The lowest BCUT2D eigenvalue weighted by Crippen LogP contribution is -2.34. The quantitative estimate of drug-likeness (QED) is 0.494. The van der Waals surface area contributed by atoms with E-state index < -0.39 is 0 Å². The van der Waals surface area contributed by atoms with Crippen molar-refractivity contribution >= 4 is 27.8 Å². The highest BCUT2D eigenvalue weighted by Gasteiger charge is 2.19. The summed E-state index contributed by atoms with van der Waals surface area (Å²) in [6.07, 6.45) is 1.66. The van der Waals surface area contributed by atoms with Crippen molar-refractivity contribution in [3.63, 3.8) is 0 Å². The number of methoxy groups -OCH3 is 1. The lowest BCUT2D eigenvalue weighted by atomic mass is 10.0. The normalized spacial score (nSPS) is 12.4. The summed E-state index contributed by atoms with van der Waals surface area (Å²) in [5.74, 6) is 1.53. The van der Waals surface area contributed by atoms with Crippen LogP contribution in [0.25, 0.3) is 21.8 Å². The summed E-state index contributed by atoms with van der Waals surface area (Å²) in [7, 11) is 3.60. The lowest BCUT2D eigenvalue weighted by Gasteiger charge is -2.21. The van der Waals surface area contributed by atoms with Gasteiger partial charge in [-0.25, -0.2) is 9.67 Å². The first-order valence-electron chi connectivity index (χ1n) is 10.4. The van der Waals surface area contributed by atoms with E-state index in [9.17, 15) is 4.79 Å². The summed E-state index contributed by atoms with van der Waals surface area (Å²) in [4.78, 5) is 20.0. The van der Waals surface area contributed by atoms with Crippen LogP contribution >= 0.6 is 0 Å². The van der Waals surface area contributed by atoms with E-state index in [4.69, 9.17) is 10.5 Å². The molecule has 4 rings (SSSR count). The van der Waals surface area contributed by atoms with Crippen molar-refractivity contribution in [2.45, 2.75) is 33.0 Å². The van der Waals surface area contributed by atoms with Crippen LogP contribution in [0, 0.1) is 0 Å². The number of nitrogens with zero attached hydrogens (tertiary/aromatic N) is 5. The molecule has 0 saturated heterocycles. The van der Waals surface area contributed by atoms with Crippen LogP contribution in [0.15, 0.2) is 47.4 Å². The van der Waals surface area contributed by atoms with E-state index in [1.54, 1.807) is 13.3 Å². The number of benzene rings is 2. The zero-order valence-electron chi connectivity index (χ0n) is 18.4. The van der Waals surface area contributed by atoms with Gasteiger partial charge in [0.05, 0.1) is 19.9 Å². The van der Waals surface area contributed by atoms with Gasteiger partial charge < -0.3 is 19.9 Å². The van der Waals surface area contributed by atoms with Gasteiger partial charge in [0.25, 0.3) is 5.56 Å². The van der Waals surface area contributed by atoms with Gasteiger partial charge in [-0.3, -0.25) is 4.79 Å². The Morgan fingerprint density at radius 1 is 1.19 bits per heavy atom. The molecule has 4 aromatic rings. The van der Waals surface area contributed by atoms with Crippen LogP contribution in [0.2, 0.25) is 0 Å². The highest BCUT2D eigenvalue weighted by molar-refractivity contribution is 5.91. The smallest absolute Gasteiger partial charge is 0.293 e. The van der Waals surface area contributed by atoms with Crippen LogP contribution in [-0.4, -0.2) is 46.1 Å². The Balaban J connectivity index is 1.81. The van der Waals surface area contributed by atoms with Crippen LogP contribution in [0.1, 0.15) is 19.4 Å². The minimum Gasteiger partial charge on any atom is -0.496 e. The van der Waals surface area contributed by atoms with E-state index in [1.165, 1.54) is 4.68 Å². The third-order valence-corrected chi connectivity index (χ3v) is 5.46. The molecule has 0 bridgehead atoms. The predicted octanol–water partition coefficient (Wildman–Crippen LogP) is 2.61. The van der Waals surface area contributed by atoms with Gasteiger partial charge in [-0.05, 0) is 30.9 Å². The number of fused-ring (bicyclic) bond motifs is 2. The number of anilines is 1. The van der Waals surface area contributed by atoms with Gasteiger partial charge in [0.2, 0.25) is 5.95 Å². The van der Waals surface area contributed by atoms with Crippen molar-refractivity contribution in [1.29, 1.82) is 0 Å². The molecular formula is C23H28N6O2. The minimum absolute atomic E-state index is 0.00625. The molecule has 1 unspecified atom stereocenters. The molecule has 2 N–H and O–H groups in total. The first kappa shape index (κ1) is 20.9. The average Bonchev–Trinajstić information content (AvgIpc) is 3.15. The zero-order chi connectivity index (χ0) is 22.1. The molecule has 8 nitrogen and oxygen atoms in total. The van der Waals surface area contributed by atoms with Gasteiger partial charge in [0.1, 0.15) is 16.8 Å². The Bertz CT molecular complexity index is 1290. The Morgan fingerprint density at radius 3 is 2.61 bits per heavy atom. The number of aryl methyl sites for hydroxylation is 1. The van der Waals surface area contributed by atoms with Gasteiger partial charge in [-0.15, -0.1) is 0 Å². The van der Waals surface area contributed by atoms with E-state index in [0.29, 0.717) is 30.7 Å². The van der Waals surface area contributed by atoms with Gasteiger partial charge in [-0.2, -0.15) is 5.10 Å². The average molecular weight is 421 g/mol. The number of nitrogens with two attached hydrogens (primary N) is 1. The number of likely N-dealkylation sites (N-methyl/N-ethyl adjacent to an activating group) is 1. The maximum absolute atomic E-state index is 13.4. The summed E-state index contributed by atoms with van der Waals surface area (Å²) in [6.45, 7) is 5.58. The molecule has 2 heterocycles. The summed E-state index contributed by atoms with van der Waals surface area (Å²) in [6, 6.07) is 11.9. The molecule has 0 saturated carbocycles. The summed E-state index contributed by atoms with van der Waals surface area (Å²) in [5, 5.41) is 6.46. The van der Waals surface area contributed by atoms with E-state index in [0.717, 1.165) is 28.0 Å². The molecule has 0 spiro atoms. The highest BCUT2D eigenvalue weighted by Crippen LogP contribution is 2.28. The molecule has 31 heavy (non-hydrogen) atoms. The first-order chi connectivity index (χ1) is 14.9. The monoisotopic (exact) mass is 420 g/mol. The molecular weight excluding hydrogens is 392 g/mol. The minimum atomic E-state index is -0.160. The number of hydrogen-bond acceptors (Lipinski definition) is 6. The van der Waals surface area contributed by atoms with Gasteiger partial charge in [-0.1, -0.05) is 30.3 Å². The van der Waals surface area contributed by atoms with E-state index in [2.05, 4.69) is 10.1 Å². The third kappa shape index (κ3) is 3.74. The Kier molecular flexibility index (Phi) is 5.65. The van der Waals surface area contributed by atoms with Gasteiger partial charge in [0.15, 0.2) is 0 Å². The van der Waals surface area contributed by atoms with Crippen molar-refractivity contribution in [2.75, 3.05) is 25.6 Å². The lowest BCUT2D eigenvalue weighted by molar-refractivity contribution is 0.419. The van der Waals surface area contributed by atoms with Crippen LogP contribution in [0.3, 0.4) is 0 Å². The summed E-state index contributed by atoms with van der Waals surface area (Å²) < 4.78 is 8.92. The van der Waals surface area contributed by atoms with Crippen molar-refractivity contribution in [1.82, 2.24) is 19.3 Å². The highest BCUT2D eigenvalue weighted by atomic mass is 16.5. The Hall–Kier alpha value is -3.39. The molecule has 2 aromatic heterocycles. The third-order valence-electron chi connectivity index (χ3n) is 5.46.